The van der Waals surface area contributed by atoms with Gasteiger partial charge in [0, 0.05) is 48.3 Å². The molecule has 2 aromatic carbocycles. The van der Waals surface area contributed by atoms with Gasteiger partial charge < -0.3 is 9.64 Å². The lowest BCUT2D eigenvalue weighted by Crippen LogP contribution is -2.57. The molecule has 0 unspecified atom stereocenters. The zero-order valence-corrected chi connectivity index (χ0v) is 27.3. The summed E-state index contributed by atoms with van der Waals surface area (Å²) in [6.45, 7) is 14.1. The number of hydrogen-bond acceptors (Lipinski definition) is 6. The van der Waals surface area contributed by atoms with E-state index in [4.69, 9.17) is 4.74 Å². The first kappa shape index (κ1) is 31.1. The first-order valence-electron chi connectivity index (χ1n) is 14.8. The molecule has 0 aliphatic carbocycles. The van der Waals surface area contributed by atoms with Crippen LogP contribution in [0, 0.1) is 5.82 Å². The summed E-state index contributed by atoms with van der Waals surface area (Å²) in [6, 6.07) is 10.9. The number of halogens is 2. The highest BCUT2D eigenvalue weighted by Gasteiger charge is 2.33. The maximum absolute atomic E-state index is 14.5. The second-order valence-electron chi connectivity index (χ2n) is 12.7. The molecule has 43 heavy (non-hydrogen) atoms. The maximum Gasteiger partial charge on any atom is 0.414 e. The van der Waals surface area contributed by atoms with Crippen molar-refractivity contribution < 1.29 is 18.7 Å². The van der Waals surface area contributed by atoms with Crippen LogP contribution in [0.25, 0.3) is 0 Å². The molecule has 230 valence electrons. The number of piperazine rings is 1. The van der Waals surface area contributed by atoms with E-state index in [0.29, 0.717) is 36.2 Å². The monoisotopic (exact) mass is 654 g/mol. The van der Waals surface area contributed by atoms with Crippen molar-refractivity contribution in [2.24, 2.45) is 0 Å². The van der Waals surface area contributed by atoms with Crippen molar-refractivity contribution in [1.29, 1.82) is 0 Å². The van der Waals surface area contributed by atoms with Gasteiger partial charge in [-0.3, -0.25) is 14.6 Å². The summed E-state index contributed by atoms with van der Waals surface area (Å²) in [5.41, 5.74) is 3.58. The van der Waals surface area contributed by atoms with Crippen molar-refractivity contribution in [2.45, 2.75) is 84.7 Å². The molecule has 9 nitrogen and oxygen atoms in total. The molecule has 2 amide bonds. The molecule has 2 aliphatic rings. The van der Waals surface area contributed by atoms with Crippen LogP contribution in [0.15, 0.2) is 47.1 Å². The topological polar surface area (TPSA) is 83.8 Å². The van der Waals surface area contributed by atoms with Crippen molar-refractivity contribution in [1.82, 2.24) is 24.8 Å². The third kappa shape index (κ3) is 7.09. The van der Waals surface area contributed by atoms with Crippen LogP contribution in [-0.4, -0.2) is 74.1 Å². The highest BCUT2D eigenvalue weighted by Crippen LogP contribution is 2.31. The van der Waals surface area contributed by atoms with Gasteiger partial charge in [0.25, 0.3) is 0 Å². The average Bonchev–Trinajstić information content (AvgIpc) is 3.56. The van der Waals surface area contributed by atoms with Gasteiger partial charge in [-0.05, 0) is 77.3 Å². The van der Waals surface area contributed by atoms with Crippen molar-refractivity contribution in [3.63, 3.8) is 0 Å². The van der Waals surface area contributed by atoms with E-state index in [9.17, 15) is 14.0 Å². The third-order valence-electron chi connectivity index (χ3n) is 8.18. The van der Waals surface area contributed by atoms with Gasteiger partial charge in [-0.2, -0.15) is 0 Å². The maximum atomic E-state index is 14.5. The van der Waals surface area contributed by atoms with E-state index in [0.717, 1.165) is 28.9 Å². The Morgan fingerprint density at radius 3 is 2.51 bits per heavy atom. The smallest absolute Gasteiger partial charge is 0.414 e. The summed E-state index contributed by atoms with van der Waals surface area (Å²) < 4.78 is 22.5. The molecule has 3 atom stereocenters. The van der Waals surface area contributed by atoms with Crippen LogP contribution in [0.2, 0.25) is 0 Å². The minimum Gasteiger partial charge on any atom is -0.443 e. The molecule has 3 aromatic rings. The van der Waals surface area contributed by atoms with Gasteiger partial charge in [0.2, 0.25) is 5.91 Å². The normalized spacial score (nSPS) is 19.8. The number of fused-ring (bicyclic) bond motifs is 1. The molecule has 5 rings (SSSR count). The summed E-state index contributed by atoms with van der Waals surface area (Å²) in [5, 5.41) is 8.66. The Labute approximate surface area is 261 Å². The molecule has 0 spiro atoms. The lowest BCUT2D eigenvalue weighted by Gasteiger charge is -2.44. The Morgan fingerprint density at radius 1 is 1.12 bits per heavy atom. The van der Waals surface area contributed by atoms with E-state index in [1.54, 1.807) is 15.6 Å². The number of amides is 2. The lowest BCUT2D eigenvalue weighted by atomic mass is 10.0. The van der Waals surface area contributed by atoms with Crippen LogP contribution >= 0.6 is 15.9 Å². The molecule has 2 aliphatic heterocycles. The number of carbonyl (C=O) groups excluding carboxylic acids is 2. The number of rotatable bonds is 6. The highest BCUT2D eigenvalue weighted by atomic mass is 79.9. The van der Waals surface area contributed by atoms with Gasteiger partial charge in [-0.1, -0.05) is 39.3 Å². The standard InChI is InChI=1S/C32H40BrFN6O3/c1-20-16-37(30(41)14-23-7-8-24-11-12-38(29(24)13-23)31(42)43-32(4,5)6)17-21(2)39(20)18-26-19-40(36-35-26)22(3)27-10-9-25(33)15-28(27)34/h7-10,13,15,19-22H,11-12,14,16-18H2,1-6H3/t20-,21+,22-/m1/s1. The van der Waals surface area contributed by atoms with Crippen LogP contribution in [0.4, 0.5) is 14.9 Å². The lowest BCUT2D eigenvalue weighted by molar-refractivity contribution is -0.135. The van der Waals surface area contributed by atoms with Gasteiger partial charge in [0.1, 0.15) is 11.4 Å². The zero-order valence-electron chi connectivity index (χ0n) is 25.7. The second-order valence-corrected chi connectivity index (χ2v) is 13.6. The molecule has 0 N–H and O–H groups in total. The summed E-state index contributed by atoms with van der Waals surface area (Å²) in [7, 11) is 0. The second kappa shape index (κ2) is 12.4. The number of anilines is 1. The van der Waals surface area contributed by atoms with Crippen LogP contribution in [0.5, 0.6) is 0 Å². The predicted molar refractivity (Wildman–Crippen MR) is 166 cm³/mol. The minimum atomic E-state index is -0.572. The third-order valence-corrected chi connectivity index (χ3v) is 8.67. The fourth-order valence-corrected chi connectivity index (χ4v) is 6.28. The molecule has 3 heterocycles. The molecule has 1 saturated heterocycles. The van der Waals surface area contributed by atoms with E-state index in [1.165, 1.54) is 6.07 Å². The molecule has 0 saturated carbocycles. The SMILES string of the molecule is C[C@@H]1CN(C(=O)Cc2ccc3c(c2)N(C(=O)OC(C)(C)C)CC3)C[C@H](C)N1Cc1cn([C@H](C)c2ccc(Br)cc2F)nn1. The molecule has 1 fully saturated rings. The molecule has 0 radical (unpaired) electrons. The van der Waals surface area contributed by atoms with Crippen LogP contribution in [0.1, 0.15) is 70.0 Å². The van der Waals surface area contributed by atoms with E-state index < -0.39 is 5.60 Å². The zero-order chi connectivity index (χ0) is 31.1. The van der Waals surface area contributed by atoms with Crippen LogP contribution < -0.4 is 4.90 Å². The number of carbonyl (C=O) groups is 2. The highest BCUT2D eigenvalue weighted by molar-refractivity contribution is 9.10. The predicted octanol–water partition coefficient (Wildman–Crippen LogP) is 5.75. The van der Waals surface area contributed by atoms with E-state index in [2.05, 4.69) is 45.0 Å². The number of aromatic nitrogens is 3. The molecular formula is C32H40BrFN6O3. The fourth-order valence-electron chi connectivity index (χ4n) is 5.94. The number of hydrogen-bond donors (Lipinski definition) is 0. The quantitative estimate of drug-likeness (QED) is 0.337. The van der Waals surface area contributed by atoms with Gasteiger partial charge in [0.05, 0.1) is 30.0 Å². The van der Waals surface area contributed by atoms with E-state index in [-0.39, 0.29) is 42.4 Å². The Balaban J connectivity index is 1.20. The Kier molecular flexibility index (Phi) is 8.94. The number of nitrogens with zero attached hydrogens (tertiary/aromatic N) is 6. The van der Waals surface area contributed by atoms with Gasteiger partial charge in [0.15, 0.2) is 0 Å². The average molecular weight is 656 g/mol. The van der Waals surface area contributed by atoms with Crippen LogP contribution in [-0.2, 0) is 28.9 Å². The van der Waals surface area contributed by atoms with Gasteiger partial charge >= 0.3 is 6.09 Å². The summed E-state index contributed by atoms with van der Waals surface area (Å²) in [6.07, 6.45) is 2.56. The molecule has 1 aromatic heterocycles. The largest absolute Gasteiger partial charge is 0.443 e. The molecule has 11 heteroatoms. The first-order valence-corrected chi connectivity index (χ1v) is 15.6. The van der Waals surface area contributed by atoms with Crippen molar-refractivity contribution in [2.75, 3.05) is 24.5 Å². The first-order chi connectivity index (χ1) is 20.3. The summed E-state index contributed by atoms with van der Waals surface area (Å²) in [5.74, 6) is -0.223. The Hall–Kier alpha value is -3.31. The number of ether oxygens (including phenoxy) is 1. The van der Waals surface area contributed by atoms with Gasteiger partial charge in [-0.25, -0.2) is 13.9 Å². The Bertz CT molecular complexity index is 1490. The summed E-state index contributed by atoms with van der Waals surface area (Å²) in [4.78, 5) is 32.1. The van der Waals surface area contributed by atoms with E-state index >= 15 is 0 Å². The minimum absolute atomic E-state index is 0.0661. The van der Waals surface area contributed by atoms with Crippen molar-refractivity contribution in [3.8, 4) is 0 Å². The van der Waals surface area contributed by atoms with Crippen molar-refractivity contribution >= 4 is 33.6 Å². The molecular weight excluding hydrogens is 615 g/mol. The van der Waals surface area contributed by atoms with Crippen LogP contribution in [0.3, 0.4) is 0 Å². The molecule has 0 bridgehead atoms. The van der Waals surface area contributed by atoms with E-state index in [1.807, 2.05) is 63.1 Å². The van der Waals surface area contributed by atoms with Gasteiger partial charge in [-0.15, -0.1) is 5.10 Å². The Morgan fingerprint density at radius 2 is 1.84 bits per heavy atom. The van der Waals surface area contributed by atoms with Crippen molar-refractivity contribution in [3.05, 3.63) is 75.3 Å². The summed E-state index contributed by atoms with van der Waals surface area (Å²) >= 11 is 3.31. The fraction of sp³-hybridized carbons (Fsp3) is 0.500. The number of benzene rings is 2.